The second kappa shape index (κ2) is 9.96. The summed E-state index contributed by atoms with van der Waals surface area (Å²) in [6.45, 7) is 0. The average Bonchev–Trinajstić information content (AvgIpc) is 3.15. The predicted molar refractivity (Wildman–Crippen MR) is 123 cm³/mol. The first-order valence-electron chi connectivity index (χ1n) is 10.4. The topological polar surface area (TPSA) is 96.2 Å². The van der Waals surface area contributed by atoms with Crippen LogP contribution in [0, 0.1) is 5.92 Å². The summed E-state index contributed by atoms with van der Waals surface area (Å²) < 4.78 is 0. The number of nitrogens with two attached hydrogens (primary N) is 1. The summed E-state index contributed by atoms with van der Waals surface area (Å²) in [5.41, 5.74) is 10.7. The predicted octanol–water partition coefficient (Wildman–Crippen LogP) is 4.70. The van der Waals surface area contributed by atoms with Crippen LogP contribution in [0.25, 0.3) is 0 Å². The average molecular weight is 429 g/mol. The normalized spacial score (nSPS) is 19.9. The van der Waals surface area contributed by atoms with Gasteiger partial charge in [0.2, 0.25) is 5.91 Å². The van der Waals surface area contributed by atoms with Crippen molar-refractivity contribution < 1.29 is 9.59 Å². The van der Waals surface area contributed by atoms with Gasteiger partial charge in [-0.15, -0.1) is 12.4 Å². The Morgan fingerprint density at radius 2 is 1.63 bits per heavy atom. The summed E-state index contributed by atoms with van der Waals surface area (Å²) in [6.07, 6.45) is 6.87. The SMILES string of the molecule is Cl.NC1CCC(C(=O)Nc2cccc(NC(=O)Nc3cccc4c3CCCC4)c2)C1. The largest absolute Gasteiger partial charge is 0.328 e. The Morgan fingerprint density at radius 1 is 0.900 bits per heavy atom. The number of amides is 3. The van der Waals surface area contributed by atoms with E-state index in [0.717, 1.165) is 44.2 Å². The van der Waals surface area contributed by atoms with Crippen molar-refractivity contribution in [2.24, 2.45) is 11.7 Å². The number of halogens is 1. The second-order valence-corrected chi connectivity index (χ2v) is 8.07. The molecule has 160 valence electrons. The molecule has 2 aromatic carbocycles. The quantitative estimate of drug-likeness (QED) is 0.568. The summed E-state index contributed by atoms with van der Waals surface area (Å²) in [5, 5.41) is 8.79. The number of benzene rings is 2. The number of rotatable bonds is 4. The van der Waals surface area contributed by atoms with Gasteiger partial charge in [0.25, 0.3) is 0 Å². The van der Waals surface area contributed by atoms with Crippen molar-refractivity contribution in [1.82, 2.24) is 0 Å². The van der Waals surface area contributed by atoms with Gasteiger partial charge in [0.1, 0.15) is 0 Å². The lowest BCUT2D eigenvalue weighted by Gasteiger charge is -2.19. The first kappa shape index (κ1) is 22.1. The minimum Gasteiger partial charge on any atom is -0.328 e. The van der Waals surface area contributed by atoms with Crippen LogP contribution in [0.15, 0.2) is 42.5 Å². The van der Waals surface area contributed by atoms with Crippen molar-refractivity contribution in [3.8, 4) is 0 Å². The highest BCUT2D eigenvalue weighted by atomic mass is 35.5. The molecule has 7 heteroatoms. The van der Waals surface area contributed by atoms with E-state index in [4.69, 9.17) is 5.73 Å². The zero-order valence-corrected chi connectivity index (χ0v) is 17.8. The number of hydrogen-bond donors (Lipinski definition) is 4. The summed E-state index contributed by atoms with van der Waals surface area (Å²) in [4.78, 5) is 24.9. The van der Waals surface area contributed by atoms with E-state index in [0.29, 0.717) is 11.4 Å². The first-order chi connectivity index (χ1) is 14.1. The van der Waals surface area contributed by atoms with Crippen molar-refractivity contribution >= 4 is 41.4 Å². The molecule has 1 fully saturated rings. The number of nitrogens with one attached hydrogen (secondary N) is 3. The fourth-order valence-corrected chi connectivity index (χ4v) is 4.36. The van der Waals surface area contributed by atoms with Gasteiger partial charge >= 0.3 is 6.03 Å². The van der Waals surface area contributed by atoms with Crippen LogP contribution in [0.5, 0.6) is 0 Å². The molecular formula is C23H29ClN4O2. The van der Waals surface area contributed by atoms with Crippen molar-refractivity contribution in [2.45, 2.75) is 51.0 Å². The Hall–Kier alpha value is -2.57. The van der Waals surface area contributed by atoms with E-state index in [-0.39, 0.29) is 36.3 Å². The van der Waals surface area contributed by atoms with Gasteiger partial charge in [-0.3, -0.25) is 4.79 Å². The Kier molecular flexibility index (Phi) is 7.34. The van der Waals surface area contributed by atoms with Gasteiger partial charge in [-0.25, -0.2) is 4.79 Å². The smallest absolute Gasteiger partial charge is 0.323 e. The maximum atomic E-state index is 12.5. The molecule has 2 aliphatic carbocycles. The van der Waals surface area contributed by atoms with Crippen LogP contribution in [0.3, 0.4) is 0 Å². The van der Waals surface area contributed by atoms with Gasteiger partial charge in [0.05, 0.1) is 0 Å². The van der Waals surface area contributed by atoms with E-state index in [1.165, 1.54) is 17.5 Å². The maximum absolute atomic E-state index is 12.5. The monoisotopic (exact) mass is 428 g/mol. The minimum absolute atomic E-state index is 0. The van der Waals surface area contributed by atoms with Gasteiger partial charge in [-0.1, -0.05) is 18.2 Å². The van der Waals surface area contributed by atoms with E-state index in [1.807, 2.05) is 24.3 Å². The van der Waals surface area contributed by atoms with Crippen LogP contribution in [-0.4, -0.2) is 18.0 Å². The minimum atomic E-state index is -0.283. The molecular weight excluding hydrogens is 400 g/mol. The second-order valence-electron chi connectivity index (χ2n) is 8.07. The summed E-state index contributed by atoms with van der Waals surface area (Å²) in [6, 6.07) is 13.1. The standard InChI is InChI=1S/C23H28N4O2.ClH/c24-17-12-11-16(13-17)22(28)25-18-7-4-8-19(14-18)26-23(29)27-21-10-3-6-15-5-1-2-9-20(15)21;/h3-4,6-8,10,14,16-17H,1-2,5,9,11-13,24H2,(H,25,28)(H2,26,27,29);1H. The lowest BCUT2D eigenvalue weighted by molar-refractivity contribution is -0.119. The Morgan fingerprint density at radius 3 is 2.40 bits per heavy atom. The molecule has 2 atom stereocenters. The van der Waals surface area contributed by atoms with Crippen molar-refractivity contribution in [1.29, 1.82) is 0 Å². The Balaban J connectivity index is 0.00000256. The number of hydrogen-bond acceptors (Lipinski definition) is 3. The fourth-order valence-electron chi connectivity index (χ4n) is 4.36. The van der Waals surface area contributed by atoms with Crippen molar-refractivity contribution in [2.75, 3.05) is 16.0 Å². The number of carbonyl (C=O) groups excluding carboxylic acids is 2. The highest BCUT2D eigenvalue weighted by molar-refractivity contribution is 6.01. The van der Waals surface area contributed by atoms with Crippen LogP contribution in [-0.2, 0) is 17.6 Å². The number of aryl methyl sites for hydroxylation is 1. The number of anilines is 3. The summed E-state index contributed by atoms with van der Waals surface area (Å²) in [7, 11) is 0. The first-order valence-corrected chi connectivity index (χ1v) is 10.4. The number of urea groups is 1. The van der Waals surface area contributed by atoms with Crippen LogP contribution >= 0.6 is 12.4 Å². The van der Waals surface area contributed by atoms with Gasteiger partial charge in [0, 0.05) is 29.0 Å². The molecule has 2 aromatic rings. The van der Waals surface area contributed by atoms with Crippen molar-refractivity contribution in [3.63, 3.8) is 0 Å². The molecule has 0 spiro atoms. The number of fused-ring (bicyclic) bond motifs is 1. The summed E-state index contributed by atoms with van der Waals surface area (Å²) >= 11 is 0. The molecule has 0 radical (unpaired) electrons. The lowest BCUT2D eigenvalue weighted by Crippen LogP contribution is -2.23. The van der Waals surface area contributed by atoms with Gasteiger partial charge in [-0.05, 0) is 80.3 Å². The molecule has 0 aliphatic heterocycles. The molecule has 0 saturated heterocycles. The van der Waals surface area contributed by atoms with Crippen LogP contribution < -0.4 is 21.7 Å². The molecule has 2 aliphatic rings. The van der Waals surface area contributed by atoms with Crippen LogP contribution in [0.1, 0.15) is 43.2 Å². The van der Waals surface area contributed by atoms with Gasteiger partial charge < -0.3 is 21.7 Å². The third-order valence-corrected chi connectivity index (χ3v) is 5.88. The highest BCUT2D eigenvalue weighted by Gasteiger charge is 2.27. The maximum Gasteiger partial charge on any atom is 0.323 e. The third-order valence-electron chi connectivity index (χ3n) is 5.88. The molecule has 0 bridgehead atoms. The Bertz CT molecular complexity index is 918. The zero-order valence-electron chi connectivity index (χ0n) is 16.9. The van der Waals surface area contributed by atoms with E-state index in [9.17, 15) is 9.59 Å². The molecule has 4 rings (SSSR count). The van der Waals surface area contributed by atoms with Gasteiger partial charge in [-0.2, -0.15) is 0 Å². The van der Waals surface area contributed by atoms with Crippen LogP contribution in [0.4, 0.5) is 21.9 Å². The van der Waals surface area contributed by atoms with E-state index in [1.54, 1.807) is 12.1 Å². The molecule has 0 heterocycles. The summed E-state index contributed by atoms with van der Waals surface area (Å²) in [5.74, 6) is -0.0374. The highest BCUT2D eigenvalue weighted by Crippen LogP contribution is 2.28. The Labute approximate surface area is 183 Å². The van der Waals surface area contributed by atoms with E-state index >= 15 is 0 Å². The zero-order chi connectivity index (χ0) is 20.2. The number of carbonyl (C=O) groups is 2. The fraction of sp³-hybridized carbons (Fsp3) is 0.391. The van der Waals surface area contributed by atoms with Crippen molar-refractivity contribution in [3.05, 3.63) is 53.6 Å². The van der Waals surface area contributed by atoms with E-state index < -0.39 is 0 Å². The third kappa shape index (κ3) is 5.32. The molecule has 6 nitrogen and oxygen atoms in total. The molecule has 5 N–H and O–H groups in total. The van der Waals surface area contributed by atoms with Gasteiger partial charge in [0.15, 0.2) is 0 Å². The molecule has 3 amide bonds. The van der Waals surface area contributed by atoms with E-state index in [2.05, 4.69) is 22.0 Å². The molecule has 1 saturated carbocycles. The molecule has 0 aromatic heterocycles. The lowest BCUT2D eigenvalue weighted by atomic mass is 9.90. The van der Waals surface area contributed by atoms with Crippen LogP contribution in [0.2, 0.25) is 0 Å². The molecule has 2 unspecified atom stereocenters. The molecule has 30 heavy (non-hydrogen) atoms.